The summed E-state index contributed by atoms with van der Waals surface area (Å²) in [5.74, 6) is 0.0177. The number of aromatic hydroxyl groups is 1. The van der Waals surface area contributed by atoms with Crippen LogP contribution in [0.15, 0.2) is 47.3 Å². The van der Waals surface area contributed by atoms with Crippen LogP contribution in [0.4, 0.5) is 0 Å². The van der Waals surface area contributed by atoms with Crippen LogP contribution < -0.4 is 0 Å². The number of benzene rings is 1. The Balaban J connectivity index is 3.29. The van der Waals surface area contributed by atoms with E-state index in [9.17, 15) is 15.3 Å². The van der Waals surface area contributed by atoms with E-state index in [1.807, 2.05) is 39.0 Å². The van der Waals surface area contributed by atoms with Crippen molar-refractivity contribution in [3.63, 3.8) is 0 Å². The molecule has 0 amide bonds. The molecule has 1 rings (SSSR count). The van der Waals surface area contributed by atoms with Crippen LogP contribution in [0.2, 0.25) is 0 Å². The number of aliphatic hydroxyl groups is 3. The van der Waals surface area contributed by atoms with Crippen molar-refractivity contribution in [2.45, 2.75) is 33.8 Å². The summed E-state index contributed by atoms with van der Waals surface area (Å²) < 4.78 is 0. The van der Waals surface area contributed by atoms with Crippen molar-refractivity contribution in [1.82, 2.24) is 0 Å². The highest BCUT2D eigenvalue weighted by Gasteiger charge is 2.12. The average molecular weight is 304 g/mol. The third-order valence-electron chi connectivity index (χ3n) is 3.43. The van der Waals surface area contributed by atoms with Crippen molar-refractivity contribution < 1.29 is 20.4 Å². The normalized spacial score (nSPS) is 13.6. The van der Waals surface area contributed by atoms with Gasteiger partial charge in [-0.3, -0.25) is 0 Å². The van der Waals surface area contributed by atoms with Crippen LogP contribution in [0, 0.1) is 6.92 Å². The molecule has 0 unspecified atom stereocenters. The topological polar surface area (TPSA) is 80.9 Å². The van der Waals surface area contributed by atoms with E-state index in [2.05, 4.69) is 0 Å². The molecule has 0 heterocycles. The monoisotopic (exact) mass is 304 g/mol. The maximum Gasteiger partial charge on any atom is 0.124 e. The molecule has 0 saturated carbocycles. The van der Waals surface area contributed by atoms with E-state index in [0.29, 0.717) is 23.1 Å². The molecule has 0 bridgehead atoms. The molecule has 0 aliphatic carbocycles. The zero-order valence-electron chi connectivity index (χ0n) is 13.3. The van der Waals surface area contributed by atoms with Crippen molar-refractivity contribution >= 4 is 0 Å². The number of hydrogen-bond donors (Lipinski definition) is 4. The molecule has 120 valence electrons. The van der Waals surface area contributed by atoms with E-state index in [1.54, 1.807) is 6.07 Å². The lowest BCUT2D eigenvalue weighted by atomic mass is 9.96. The van der Waals surface area contributed by atoms with Gasteiger partial charge in [0.05, 0.1) is 13.2 Å². The maximum atomic E-state index is 10.2. The highest BCUT2D eigenvalue weighted by Crippen LogP contribution is 2.28. The lowest BCUT2D eigenvalue weighted by molar-refractivity contribution is 0.275. The number of allylic oxidation sites excluding steroid dienone is 4. The summed E-state index contributed by atoms with van der Waals surface area (Å²) >= 11 is 0. The van der Waals surface area contributed by atoms with Gasteiger partial charge in [0.2, 0.25) is 0 Å². The second kappa shape index (κ2) is 8.41. The largest absolute Gasteiger partial charge is 0.508 e. The minimum absolute atomic E-state index is 0.0184. The fourth-order valence-electron chi connectivity index (χ4n) is 2.19. The van der Waals surface area contributed by atoms with Crippen LogP contribution >= 0.6 is 0 Å². The number of hydrogen-bond acceptors (Lipinski definition) is 4. The van der Waals surface area contributed by atoms with E-state index >= 15 is 0 Å². The Labute approximate surface area is 131 Å². The molecule has 1 aromatic carbocycles. The summed E-state index contributed by atoms with van der Waals surface area (Å²) in [6, 6.07) is 3.54. The molecule has 4 nitrogen and oxygen atoms in total. The number of rotatable bonds is 6. The van der Waals surface area contributed by atoms with Crippen LogP contribution in [-0.4, -0.2) is 27.0 Å². The summed E-state index contributed by atoms with van der Waals surface area (Å²) in [4.78, 5) is 0. The molecule has 0 aromatic heterocycles. The number of aliphatic hydroxyl groups excluding tert-OH is 3. The molecule has 0 fully saturated rings. The zero-order chi connectivity index (χ0) is 16.7. The van der Waals surface area contributed by atoms with Crippen LogP contribution in [-0.2, 0) is 13.0 Å². The summed E-state index contributed by atoms with van der Waals surface area (Å²) in [6.45, 7) is 5.17. The SMILES string of the molecule is C\C=C(C)/C=C(Cc1cc(C)cc(CO)c1O)\C(O)=C\CO. The fraction of sp³-hybridized carbons (Fsp3) is 0.333. The summed E-state index contributed by atoms with van der Waals surface area (Å²) in [7, 11) is 0. The molecule has 0 atom stereocenters. The van der Waals surface area contributed by atoms with E-state index in [1.165, 1.54) is 6.08 Å². The Kier molecular flexibility index (Phi) is 6.89. The molecular weight excluding hydrogens is 280 g/mol. The summed E-state index contributed by atoms with van der Waals surface area (Å²) in [5.41, 5.74) is 3.56. The Morgan fingerprint density at radius 1 is 1.18 bits per heavy atom. The Morgan fingerprint density at radius 3 is 2.36 bits per heavy atom. The van der Waals surface area contributed by atoms with Gasteiger partial charge in [0.25, 0.3) is 0 Å². The second-order valence-electron chi connectivity index (χ2n) is 5.24. The van der Waals surface area contributed by atoms with Crippen LogP contribution in [0.1, 0.15) is 30.5 Å². The van der Waals surface area contributed by atoms with Gasteiger partial charge in [0.1, 0.15) is 11.5 Å². The van der Waals surface area contributed by atoms with Gasteiger partial charge in [-0.05, 0) is 38.0 Å². The minimum atomic E-state index is -0.264. The van der Waals surface area contributed by atoms with Crippen LogP contribution in [0.5, 0.6) is 5.75 Å². The van der Waals surface area contributed by atoms with Gasteiger partial charge < -0.3 is 20.4 Å². The molecule has 4 heteroatoms. The maximum absolute atomic E-state index is 10.2. The zero-order valence-corrected chi connectivity index (χ0v) is 13.3. The number of aryl methyl sites for hydroxylation is 1. The predicted molar refractivity (Wildman–Crippen MR) is 87.8 cm³/mol. The molecule has 4 N–H and O–H groups in total. The summed E-state index contributed by atoms with van der Waals surface area (Å²) in [5, 5.41) is 38.6. The number of phenols is 1. The lowest BCUT2D eigenvalue weighted by Gasteiger charge is -2.13. The predicted octanol–water partition coefficient (Wildman–Crippen LogP) is 3.06. The molecule has 22 heavy (non-hydrogen) atoms. The smallest absolute Gasteiger partial charge is 0.124 e. The van der Waals surface area contributed by atoms with Crippen molar-refractivity contribution in [1.29, 1.82) is 0 Å². The van der Waals surface area contributed by atoms with E-state index in [0.717, 1.165) is 11.1 Å². The molecule has 0 radical (unpaired) electrons. The van der Waals surface area contributed by atoms with Crippen LogP contribution in [0.3, 0.4) is 0 Å². The lowest BCUT2D eigenvalue weighted by Crippen LogP contribution is -2.00. The summed E-state index contributed by atoms with van der Waals surface area (Å²) in [6.07, 6.45) is 5.33. The molecule has 1 aromatic rings. The fourth-order valence-corrected chi connectivity index (χ4v) is 2.19. The van der Waals surface area contributed by atoms with Gasteiger partial charge in [0, 0.05) is 12.0 Å². The third kappa shape index (κ3) is 4.76. The van der Waals surface area contributed by atoms with Gasteiger partial charge in [-0.1, -0.05) is 35.4 Å². The Bertz CT molecular complexity index is 610. The highest BCUT2D eigenvalue weighted by molar-refractivity contribution is 5.47. The van der Waals surface area contributed by atoms with Crippen molar-refractivity contribution in [2.24, 2.45) is 0 Å². The van der Waals surface area contributed by atoms with Crippen molar-refractivity contribution in [2.75, 3.05) is 6.61 Å². The van der Waals surface area contributed by atoms with Gasteiger partial charge in [-0.15, -0.1) is 0 Å². The van der Waals surface area contributed by atoms with Crippen molar-refractivity contribution in [3.8, 4) is 5.75 Å². The first-order valence-corrected chi connectivity index (χ1v) is 7.19. The molecule has 0 aliphatic heterocycles. The molecule has 0 aliphatic rings. The van der Waals surface area contributed by atoms with Crippen molar-refractivity contribution in [3.05, 3.63) is 64.0 Å². The average Bonchev–Trinajstić information content (AvgIpc) is 2.49. The van der Waals surface area contributed by atoms with E-state index in [4.69, 9.17) is 5.11 Å². The first-order valence-electron chi connectivity index (χ1n) is 7.19. The second-order valence-corrected chi connectivity index (χ2v) is 5.24. The van der Waals surface area contributed by atoms with Crippen LogP contribution in [0.25, 0.3) is 0 Å². The van der Waals surface area contributed by atoms with Gasteiger partial charge >= 0.3 is 0 Å². The van der Waals surface area contributed by atoms with Gasteiger partial charge in [0.15, 0.2) is 0 Å². The first-order chi connectivity index (χ1) is 10.4. The van der Waals surface area contributed by atoms with E-state index in [-0.39, 0.29) is 24.7 Å². The third-order valence-corrected chi connectivity index (χ3v) is 3.43. The standard InChI is InChI=1S/C18H24O4/c1-4-12(2)7-14(17(21)5-6-19)10-15-8-13(3)9-16(11-20)18(15)22/h4-5,7-9,19-22H,6,10-11H2,1-3H3/b12-4-,14-7-,17-5-. The molecule has 0 spiro atoms. The quantitative estimate of drug-likeness (QED) is 0.481. The van der Waals surface area contributed by atoms with Gasteiger partial charge in [-0.2, -0.15) is 0 Å². The minimum Gasteiger partial charge on any atom is -0.508 e. The highest BCUT2D eigenvalue weighted by atomic mass is 16.3. The Morgan fingerprint density at radius 2 is 1.82 bits per heavy atom. The molecular formula is C18H24O4. The first kappa shape index (κ1) is 18.0. The Hall–Kier alpha value is -2.04. The molecule has 0 saturated heterocycles. The van der Waals surface area contributed by atoms with Gasteiger partial charge in [-0.25, -0.2) is 0 Å². The van der Waals surface area contributed by atoms with E-state index < -0.39 is 0 Å².